The monoisotopic (exact) mass is 325 g/mol. The predicted molar refractivity (Wildman–Crippen MR) is 83.8 cm³/mol. The third kappa shape index (κ3) is 2.94. The number of rotatable bonds is 4. The molecule has 0 unspecified atom stereocenters. The van der Waals surface area contributed by atoms with Crippen LogP contribution in [0.1, 0.15) is 12.0 Å². The maximum Gasteiger partial charge on any atom is 0.227 e. The van der Waals surface area contributed by atoms with Crippen molar-refractivity contribution < 1.29 is 18.7 Å². The molecule has 3 rings (SSSR count). The maximum atomic E-state index is 13.2. The Kier molecular flexibility index (Phi) is 4.32. The molecule has 2 aliphatic heterocycles. The summed E-state index contributed by atoms with van der Waals surface area (Å²) in [5, 5.41) is 0. The zero-order valence-corrected chi connectivity index (χ0v) is 13.6. The van der Waals surface area contributed by atoms with Gasteiger partial charge in [0.15, 0.2) is 0 Å². The van der Waals surface area contributed by atoms with Gasteiger partial charge in [0.25, 0.3) is 0 Å². The second kappa shape index (κ2) is 6.08. The number of carbonyl (C=O) groups excluding carboxylic acids is 1. The molecule has 2 heterocycles. The largest absolute Gasteiger partial charge is 0.496 e. The molecular formula is C16H20FNO3S. The van der Waals surface area contributed by atoms with Crippen LogP contribution in [-0.2, 0) is 16.0 Å². The lowest BCUT2D eigenvalue weighted by molar-refractivity contribution is -0.136. The molecule has 0 aliphatic carbocycles. The number of likely N-dealkylation sites (tertiary alicyclic amines) is 1. The van der Waals surface area contributed by atoms with Gasteiger partial charge in [0.1, 0.15) is 11.6 Å². The summed E-state index contributed by atoms with van der Waals surface area (Å²) >= 11 is 1.91. The SMILES string of the molecule is COc1cc(F)ccc1CC(=O)N1CC2(C[C@@H](OC)CS2)C1. The fraction of sp³-hybridized carbons (Fsp3) is 0.562. The summed E-state index contributed by atoms with van der Waals surface area (Å²) in [5.74, 6) is 1.14. The minimum absolute atomic E-state index is 0.0667. The topological polar surface area (TPSA) is 38.8 Å². The Hall–Kier alpha value is -1.27. The van der Waals surface area contributed by atoms with E-state index in [1.807, 2.05) is 16.7 Å². The third-order valence-corrected chi connectivity index (χ3v) is 5.99. The first-order chi connectivity index (χ1) is 10.5. The molecule has 1 atom stereocenters. The fourth-order valence-electron chi connectivity index (χ4n) is 3.14. The van der Waals surface area contributed by atoms with E-state index in [2.05, 4.69) is 0 Å². The molecule has 0 bridgehead atoms. The number of carbonyl (C=O) groups is 1. The number of hydrogen-bond acceptors (Lipinski definition) is 4. The van der Waals surface area contributed by atoms with Crippen LogP contribution in [-0.4, -0.2) is 54.7 Å². The normalized spacial score (nSPS) is 22.7. The van der Waals surface area contributed by atoms with E-state index in [0.29, 0.717) is 11.9 Å². The van der Waals surface area contributed by atoms with Crippen molar-refractivity contribution in [2.45, 2.75) is 23.7 Å². The van der Waals surface area contributed by atoms with Gasteiger partial charge in [-0.3, -0.25) is 4.79 Å². The summed E-state index contributed by atoms with van der Waals surface area (Å²) in [5.41, 5.74) is 0.726. The van der Waals surface area contributed by atoms with Crippen LogP contribution in [0.4, 0.5) is 4.39 Å². The summed E-state index contributed by atoms with van der Waals surface area (Å²) in [6.07, 6.45) is 1.56. The Morgan fingerprint density at radius 3 is 2.86 bits per heavy atom. The number of hydrogen-bond donors (Lipinski definition) is 0. The first kappa shape index (κ1) is 15.6. The van der Waals surface area contributed by atoms with Crippen LogP contribution in [0.3, 0.4) is 0 Å². The van der Waals surface area contributed by atoms with Crippen molar-refractivity contribution in [1.82, 2.24) is 4.90 Å². The lowest BCUT2D eigenvalue weighted by atomic mass is 9.92. The number of halogens is 1. The van der Waals surface area contributed by atoms with E-state index in [4.69, 9.17) is 9.47 Å². The second-order valence-corrected chi connectivity index (χ2v) is 7.43. The fourth-order valence-corrected chi connectivity index (χ4v) is 4.73. The van der Waals surface area contributed by atoms with Crippen LogP contribution >= 0.6 is 11.8 Å². The van der Waals surface area contributed by atoms with Crippen LogP contribution in [0.25, 0.3) is 0 Å². The van der Waals surface area contributed by atoms with Crippen LogP contribution < -0.4 is 4.74 Å². The van der Waals surface area contributed by atoms with Crippen molar-refractivity contribution in [3.8, 4) is 5.75 Å². The number of ether oxygens (including phenoxy) is 2. The van der Waals surface area contributed by atoms with Crippen LogP contribution in [0.5, 0.6) is 5.75 Å². The van der Waals surface area contributed by atoms with Crippen molar-refractivity contribution >= 4 is 17.7 Å². The van der Waals surface area contributed by atoms with Gasteiger partial charge in [-0.25, -0.2) is 4.39 Å². The van der Waals surface area contributed by atoms with E-state index in [1.54, 1.807) is 13.2 Å². The number of methoxy groups -OCH3 is 2. The molecule has 0 radical (unpaired) electrons. The molecule has 0 aromatic heterocycles. The number of thioether (sulfide) groups is 1. The molecule has 4 nitrogen and oxygen atoms in total. The molecule has 6 heteroatoms. The molecule has 1 amide bonds. The highest BCUT2D eigenvalue weighted by molar-refractivity contribution is 8.01. The average Bonchev–Trinajstić information content (AvgIpc) is 2.92. The molecule has 1 aromatic carbocycles. The summed E-state index contributed by atoms with van der Waals surface area (Å²) in [4.78, 5) is 14.2. The minimum atomic E-state index is -0.357. The standard InChI is InChI=1S/C16H20FNO3S/c1-20-13-7-16(22-8-13)9-18(10-16)15(19)5-11-3-4-12(17)6-14(11)21-2/h3-4,6,13H,5,7-10H2,1-2H3/t13-/m1/s1. The van der Waals surface area contributed by atoms with Crippen molar-refractivity contribution in [2.24, 2.45) is 0 Å². The number of amides is 1. The van der Waals surface area contributed by atoms with E-state index in [1.165, 1.54) is 19.2 Å². The highest BCUT2D eigenvalue weighted by atomic mass is 32.2. The van der Waals surface area contributed by atoms with Gasteiger partial charge < -0.3 is 14.4 Å². The van der Waals surface area contributed by atoms with Gasteiger partial charge in [-0.1, -0.05) is 6.07 Å². The zero-order chi connectivity index (χ0) is 15.7. The minimum Gasteiger partial charge on any atom is -0.496 e. The smallest absolute Gasteiger partial charge is 0.227 e. The van der Waals surface area contributed by atoms with E-state index in [9.17, 15) is 9.18 Å². The van der Waals surface area contributed by atoms with Gasteiger partial charge in [0, 0.05) is 37.6 Å². The van der Waals surface area contributed by atoms with Crippen LogP contribution in [0, 0.1) is 5.82 Å². The molecule has 1 aromatic rings. The molecular weight excluding hydrogens is 305 g/mol. The molecule has 1 spiro atoms. The van der Waals surface area contributed by atoms with Crippen molar-refractivity contribution in [1.29, 1.82) is 0 Å². The van der Waals surface area contributed by atoms with Crippen molar-refractivity contribution in [3.63, 3.8) is 0 Å². The number of nitrogens with zero attached hydrogens (tertiary/aromatic N) is 1. The van der Waals surface area contributed by atoms with Gasteiger partial charge in [-0.05, 0) is 12.5 Å². The Morgan fingerprint density at radius 1 is 1.45 bits per heavy atom. The highest BCUT2D eigenvalue weighted by Gasteiger charge is 2.50. The number of benzene rings is 1. The van der Waals surface area contributed by atoms with Crippen molar-refractivity contribution in [2.75, 3.05) is 33.1 Å². The summed E-state index contributed by atoms with van der Waals surface area (Å²) in [7, 11) is 3.23. The van der Waals surface area contributed by atoms with E-state index in [0.717, 1.165) is 30.8 Å². The van der Waals surface area contributed by atoms with Crippen LogP contribution in [0.15, 0.2) is 18.2 Å². The zero-order valence-electron chi connectivity index (χ0n) is 12.8. The second-order valence-electron chi connectivity index (χ2n) is 5.94. The first-order valence-corrected chi connectivity index (χ1v) is 8.31. The Bertz CT molecular complexity index is 575. The van der Waals surface area contributed by atoms with Crippen molar-refractivity contribution in [3.05, 3.63) is 29.6 Å². The van der Waals surface area contributed by atoms with E-state index >= 15 is 0 Å². The van der Waals surface area contributed by atoms with Gasteiger partial charge in [-0.15, -0.1) is 11.8 Å². The first-order valence-electron chi connectivity index (χ1n) is 7.32. The molecule has 22 heavy (non-hydrogen) atoms. The predicted octanol–water partition coefficient (Wildman–Crippen LogP) is 2.11. The third-order valence-electron chi connectivity index (χ3n) is 4.41. The van der Waals surface area contributed by atoms with E-state index < -0.39 is 0 Å². The maximum absolute atomic E-state index is 13.2. The molecule has 0 saturated carbocycles. The Balaban J connectivity index is 1.58. The molecule has 0 N–H and O–H groups in total. The Morgan fingerprint density at radius 2 is 2.23 bits per heavy atom. The van der Waals surface area contributed by atoms with Gasteiger partial charge in [0.2, 0.25) is 5.91 Å². The van der Waals surface area contributed by atoms with Gasteiger partial charge in [-0.2, -0.15) is 0 Å². The average molecular weight is 325 g/mol. The highest BCUT2D eigenvalue weighted by Crippen LogP contribution is 2.46. The molecule has 2 aliphatic rings. The quantitative estimate of drug-likeness (QED) is 0.850. The lowest BCUT2D eigenvalue weighted by Crippen LogP contribution is -2.61. The summed E-state index contributed by atoms with van der Waals surface area (Å²) < 4.78 is 23.9. The lowest BCUT2D eigenvalue weighted by Gasteiger charge is -2.47. The Labute approximate surface area is 134 Å². The van der Waals surface area contributed by atoms with Crippen LogP contribution in [0.2, 0.25) is 0 Å². The molecule has 2 saturated heterocycles. The molecule has 120 valence electrons. The van der Waals surface area contributed by atoms with E-state index in [-0.39, 0.29) is 22.9 Å². The van der Waals surface area contributed by atoms with Gasteiger partial charge >= 0.3 is 0 Å². The summed E-state index contributed by atoms with van der Waals surface area (Å²) in [6.45, 7) is 1.56. The molecule has 2 fully saturated rings. The van der Waals surface area contributed by atoms with Gasteiger partial charge in [0.05, 0.1) is 24.4 Å². The summed E-state index contributed by atoms with van der Waals surface area (Å²) in [6, 6.07) is 4.29.